The lowest BCUT2D eigenvalue weighted by atomic mass is 9.92. The summed E-state index contributed by atoms with van der Waals surface area (Å²) in [6, 6.07) is 7.83. The van der Waals surface area contributed by atoms with Crippen molar-refractivity contribution in [2.75, 3.05) is 45.1 Å². The van der Waals surface area contributed by atoms with Crippen molar-refractivity contribution in [1.29, 1.82) is 0 Å². The lowest BCUT2D eigenvalue weighted by Crippen LogP contribution is -2.43. The summed E-state index contributed by atoms with van der Waals surface area (Å²) in [7, 11) is 0. The molecule has 0 aliphatic carbocycles. The Hall–Kier alpha value is -2.06. The van der Waals surface area contributed by atoms with Crippen LogP contribution in [0, 0.1) is 11.8 Å². The number of para-hydroxylation sites is 2. The third-order valence-corrected chi connectivity index (χ3v) is 6.78. The molecule has 0 N–H and O–H groups in total. The van der Waals surface area contributed by atoms with Crippen LogP contribution >= 0.6 is 11.8 Å². The highest BCUT2D eigenvalue weighted by atomic mass is 32.2. The number of rotatable bonds is 5. The maximum Gasteiger partial charge on any atom is 0.242 e. The van der Waals surface area contributed by atoms with Crippen LogP contribution in [0.4, 0.5) is 0 Å². The van der Waals surface area contributed by atoms with Gasteiger partial charge < -0.3 is 19.1 Å². The van der Waals surface area contributed by atoms with Gasteiger partial charge in [-0.15, -0.1) is 0 Å². The van der Waals surface area contributed by atoms with Crippen LogP contribution in [0.2, 0.25) is 0 Å². The minimum Gasteiger partial charge on any atom is -0.378 e. The number of carbonyl (C=O) groups is 2. The number of hydrogen-bond acceptors (Lipinski definition) is 5. The van der Waals surface area contributed by atoms with Crippen LogP contribution in [-0.4, -0.2) is 76.3 Å². The van der Waals surface area contributed by atoms with Crippen molar-refractivity contribution in [2.45, 2.75) is 32.0 Å². The zero-order valence-corrected chi connectivity index (χ0v) is 18.6. The highest BCUT2D eigenvalue weighted by Gasteiger charge is 2.26. The molecule has 2 atom stereocenters. The molecule has 3 heterocycles. The number of thioether (sulfide) groups is 1. The number of benzene rings is 1. The third kappa shape index (κ3) is 4.81. The van der Waals surface area contributed by atoms with Gasteiger partial charge >= 0.3 is 0 Å². The fraction of sp³-hybridized carbons (Fsp3) is 0.591. The van der Waals surface area contributed by atoms with Gasteiger partial charge in [-0.1, -0.05) is 37.7 Å². The van der Waals surface area contributed by atoms with Gasteiger partial charge in [0.05, 0.1) is 30.0 Å². The Morgan fingerprint density at radius 2 is 1.77 bits per heavy atom. The van der Waals surface area contributed by atoms with Crippen LogP contribution in [0.1, 0.15) is 20.3 Å². The monoisotopic (exact) mass is 430 g/mol. The van der Waals surface area contributed by atoms with E-state index in [4.69, 9.17) is 9.72 Å². The van der Waals surface area contributed by atoms with Gasteiger partial charge in [0.1, 0.15) is 6.54 Å². The van der Waals surface area contributed by atoms with E-state index in [2.05, 4.69) is 13.8 Å². The van der Waals surface area contributed by atoms with Crippen molar-refractivity contribution >= 4 is 34.6 Å². The first-order valence-corrected chi connectivity index (χ1v) is 11.7. The molecule has 1 aromatic carbocycles. The summed E-state index contributed by atoms with van der Waals surface area (Å²) >= 11 is 1.43. The van der Waals surface area contributed by atoms with E-state index >= 15 is 0 Å². The summed E-state index contributed by atoms with van der Waals surface area (Å²) in [5.41, 5.74) is 1.77. The number of aromatic nitrogens is 2. The Bertz CT molecular complexity index is 899. The highest BCUT2D eigenvalue weighted by molar-refractivity contribution is 7.99. The third-order valence-electron chi connectivity index (χ3n) is 5.82. The highest BCUT2D eigenvalue weighted by Crippen LogP contribution is 2.26. The first kappa shape index (κ1) is 21.2. The number of morpholine rings is 1. The molecule has 0 bridgehead atoms. The zero-order valence-electron chi connectivity index (χ0n) is 17.7. The topological polar surface area (TPSA) is 67.7 Å². The van der Waals surface area contributed by atoms with Gasteiger partial charge in [0.2, 0.25) is 11.8 Å². The zero-order chi connectivity index (χ0) is 21.1. The molecule has 2 aliphatic rings. The SMILES string of the molecule is C[C@@H]1C[C@H](C)CN(C(=O)CSc2nc3ccccc3n2CC(=O)N2CCOCC2)C1. The molecule has 2 aliphatic heterocycles. The maximum absolute atomic E-state index is 12.9. The predicted octanol–water partition coefficient (Wildman–Crippen LogP) is 2.49. The van der Waals surface area contributed by atoms with Gasteiger partial charge in [0.25, 0.3) is 0 Å². The Morgan fingerprint density at radius 3 is 2.50 bits per heavy atom. The van der Waals surface area contributed by atoms with Crippen LogP contribution in [0.15, 0.2) is 29.4 Å². The van der Waals surface area contributed by atoms with E-state index in [1.54, 1.807) is 0 Å². The fourth-order valence-corrected chi connectivity index (χ4v) is 5.37. The van der Waals surface area contributed by atoms with Crippen molar-refractivity contribution < 1.29 is 14.3 Å². The number of fused-ring (bicyclic) bond motifs is 1. The van der Waals surface area contributed by atoms with Gasteiger partial charge in [-0.3, -0.25) is 9.59 Å². The fourth-order valence-electron chi connectivity index (χ4n) is 4.45. The van der Waals surface area contributed by atoms with Crippen molar-refractivity contribution in [2.24, 2.45) is 11.8 Å². The summed E-state index contributed by atoms with van der Waals surface area (Å²) in [5.74, 6) is 1.63. The van der Waals surface area contributed by atoms with Gasteiger partial charge in [0, 0.05) is 26.2 Å². The quantitative estimate of drug-likeness (QED) is 0.682. The molecular formula is C22H30N4O3S. The summed E-state index contributed by atoms with van der Waals surface area (Å²) < 4.78 is 7.31. The second-order valence-electron chi connectivity index (χ2n) is 8.50. The molecule has 4 rings (SSSR count). The number of piperidine rings is 1. The molecule has 1 aromatic heterocycles. The Labute approximate surface area is 181 Å². The summed E-state index contributed by atoms with van der Waals surface area (Å²) in [6.45, 7) is 8.72. The van der Waals surface area contributed by atoms with Crippen LogP contribution in [0.5, 0.6) is 0 Å². The average Bonchev–Trinajstić information content (AvgIpc) is 3.09. The molecule has 2 aromatic rings. The number of hydrogen-bond donors (Lipinski definition) is 0. The summed E-state index contributed by atoms with van der Waals surface area (Å²) in [6.07, 6.45) is 1.18. The van der Waals surface area contributed by atoms with E-state index in [0.29, 0.717) is 43.9 Å². The van der Waals surface area contributed by atoms with Gasteiger partial charge in [-0.2, -0.15) is 0 Å². The van der Waals surface area contributed by atoms with Crippen molar-refractivity contribution in [3.63, 3.8) is 0 Å². The van der Waals surface area contributed by atoms with Crippen molar-refractivity contribution in [3.05, 3.63) is 24.3 Å². The second-order valence-corrected chi connectivity index (χ2v) is 9.44. The summed E-state index contributed by atoms with van der Waals surface area (Å²) in [4.78, 5) is 34.2. The number of likely N-dealkylation sites (tertiary alicyclic amines) is 1. The molecule has 2 fully saturated rings. The minimum absolute atomic E-state index is 0.0632. The second kappa shape index (κ2) is 9.39. The number of amides is 2. The maximum atomic E-state index is 12.9. The molecule has 30 heavy (non-hydrogen) atoms. The molecule has 8 heteroatoms. The van der Waals surface area contributed by atoms with Crippen LogP contribution in [0.25, 0.3) is 11.0 Å². The van der Waals surface area contributed by atoms with Gasteiger partial charge in [-0.05, 0) is 30.4 Å². The van der Waals surface area contributed by atoms with Gasteiger partial charge in [-0.25, -0.2) is 4.98 Å². The molecule has 0 unspecified atom stereocenters. The predicted molar refractivity (Wildman–Crippen MR) is 117 cm³/mol. The van der Waals surface area contributed by atoms with Crippen molar-refractivity contribution in [1.82, 2.24) is 19.4 Å². The Kier molecular flexibility index (Phi) is 6.63. The molecule has 0 spiro atoms. The lowest BCUT2D eigenvalue weighted by Gasteiger charge is -2.35. The molecule has 7 nitrogen and oxygen atoms in total. The lowest BCUT2D eigenvalue weighted by molar-refractivity contribution is -0.136. The standard InChI is InChI=1S/C22H30N4O3S/c1-16-11-17(2)13-25(12-16)21(28)15-30-22-23-18-5-3-4-6-19(18)26(22)14-20(27)24-7-9-29-10-8-24/h3-6,16-17H,7-15H2,1-2H3/t16-,17+. The van der Waals surface area contributed by atoms with E-state index in [1.807, 2.05) is 38.6 Å². The van der Waals surface area contributed by atoms with E-state index in [1.165, 1.54) is 18.2 Å². The smallest absolute Gasteiger partial charge is 0.242 e. The average molecular weight is 431 g/mol. The normalized spacial score (nSPS) is 22.5. The summed E-state index contributed by atoms with van der Waals surface area (Å²) in [5, 5.41) is 0.726. The van der Waals surface area contributed by atoms with E-state index in [-0.39, 0.29) is 18.4 Å². The number of imidazole rings is 1. The van der Waals surface area contributed by atoms with Crippen LogP contribution in [-0.2, 0) is 20.9 Å². The number of nitrogens with zero attached hydrogens (tertiary/aromatic N) is 4. The first-order valence-electron chi connectivity index (χ1n) is 10.7. The van der Waals surface area contributed by atoms with Crippen LogP contribution < -0.4 is 0 Å². The van der Waals surface area contributed by atoms with E-state index in [0.717, 1.165) is 29.3 Å². The minimum atomic E-state index is 0.0632. The largest absolute Gasteiger partial charge is 0.378 e. The molecular weight excluding hydrogens is 400 g/mol. The molecule has 0 radical (unpaired) electrons. The molecule has 2 saturated heterocycles. The molecule has 2 amide bonds. The Balaban J connectivity index is 1.48. The number of carbonyl (C=O) groups excluding carboxylic acids is 2. The molecule has 162 valence electrons. The van der Waals surface area contributed by atoms with E-state index < -0.39 is 0 Å². The van der Waals surface area contributed by atoms with Gasteiger partial charge in [0.15, 0.2) is 5.16 Å². The molecule has 0 saturated carbocycles. The number of ether oxygens (including phenoxy) is 1. The van der Waals surface area contributed by atoms with Crippen LogP contribution in [0.3, 0.4) is 0 Å². The Morgan fingerprint density at radius 1 is 1.07 bits per heavy atom. The first-order chi connectivity index (χ1) is 14.5. The van der Waals surface area contributed by atoms with E-state index in [9.17, 15) is 9.59 Å². The van der Waals surface area contributed by atoms with Crippen molar-refractivity contribution in [3.8, 4) is 0 Å².